The quantitative estimate of drug-likeness (QED) is 0.872. The molecule has 1 aromatic heterocycles. The minimum absolute atomic E-state index is 0.177. The summed E-state index contributed by atoms with van der Waals surface area (Å²) in [6.07, 6.45) is 4.85. The first kappa shape index (κ1) is 18.3. The lowest BCUT2D eigenvalue weighted by Crippen LogP contribution is -2.36. The van der Waals surface area contributed by atoms with E-state index in [0.29, 0.717) is 36.5 Å². The summed E-state index contributed by atoms with van der Waals surface area (Å²) in [6.45, 7) is 3.25. The highest BCUT2D eigenvalue weighted by Crippen LogP contribution is 2.19. The number of hydrogen-bond acceptors (Lipinski definition) is 4. The highest BCUT2D eigenvalue weighted by molar-refractivity contribution is 6.31. The van der Waals surface area contributed by atoms with Gasteiger partial charge in [-0.3, -0.25) is 14.9 Å². The molecule has 136 valence electrons. The molecule has 0 spiro atoms. The Morgan fingerprint density at radius 3 is 2.96 bits per heavy atom. The van der Waals surface area contributed by atoms with Crippen molar-refractivity contribution in [2.24, 2.45) is 0 Å². The molecule has 1 aliphatic heterocycles. The third-order valence-electron chi connectivity index (χ3n) is 4.34. The van der Waals surface area contributed by atoms with Gasteiger partial charge in [-0.25, -0.2) is 9.97 Å². The molecule has 6 nitrogen and oxygen atoms in total. The fourth-order valence-corrected chi connectivity index (χ4v) is 3.07. The van der Waals surface area contributed by atoms with Gasteiger partial charge in [0.1, 0.15) is 0 Å². The zero-order valence-corrected chi connectivity index (χ0v) is 15.4. The van der Waals surface area contributed by atoms with E-state index in [2.05, 4.69) is 22.2 Å². The molecule has 0 saturated heterocycles. The molecule has 2 amide bonds. The second kappa shape index (κ2) is 8.27. The van der Waals surface area contributed by atoms with Gasteiger partial charge in [-0.2, -0.15) is 0 Å². The van der Waals surface area contributed by atoms with Crippen LogP contribution in [0.3, 0.4) is 0 Å². The number of aromatic nitrogens is 2. The molecule has 0 aliphatic carbocycles. The number of benzene rings is 1. The molecule has 0 bridgehead atoms. The summed E-state index contributed by atoms with van der Waals surface area (Å²) >= 11 is 5.91. The minimum Gasteiger partial charge on any atom is -0.338 e. The predicted molar refractivity (Wildman–Crippen MR) is 100 cm³/mol. The van der Waals surface area contributed by atoms with Crippen LogP contribution in [-0.4, -0.2) is 33.2 Å². The Kier molecular flexibility index (Phi) is 5.83. The first-order valence-corrected chi connectivity index (χ1v) is 9.14. The van der Waals surface area contributed by atoms with Crippen LogP contribution in [0.1, 0.15) is 47.8 Å². The van der Waals surface area contributed by atoms with Crippen LogP contribution in [0.15, 0.2) is 30.5 Å². The van der Waals surface area contributed by atoms with Crippen molar-refractivity contribution in [2.45, 2.75) is 39.2 Å². The van der Waals surface area contributed by atoms with E-state index in [1.165, 1.54) is 0 Å². The molecule has 0 unspecified atom stereocenters. The van der Waals surface area contributed by atoms with Crippen molar-refractivity contribution in [3.8, 4) is 0 Å². The smallest absolute Gasteiger partial charge is 0.258 e. The van der Waals surface area contributed by atoms with Gasteiger partial charge in [0.05, 0.1) is 5.69 Å². The van der Waals surface area contributed by atoms with Gasteiger partial charge in [-0.05, 0) is 24.6 Å². The lowest BCUT2D eigenvalue weighted by Gasteiger charge is -2.28. The normalized spacial score (nSPS) is 13.2. The minimum atomic E-state index is -0.306. The van der Waals surface area contributed by atoms with Gasteiger partial charge in [0.15, 0.2) is 0 Å². The fourth-order valence-electron chi connectivity index (χ4n) is 2.88. The molecule has 0 saturated carbocycles. The van der Waals surface area contributed by atoms with Gasteiger partial charge in [-0.15, -0.1) is 0 Å². The Balaban J connectivity index is 1.67. The summed E-state index contributed by atoms with van der Waals surface area (Å²) in [7, 11) is 0. The number of carbonyl (C=O) groups excluding carboxylic acids is 2. The van der Waals surface area contributed by atoms with Crippen LogP contribution in [0.25, 0.3) is 0 Å². The summed E-state index contributed by atoms with van der Waals surface area (Å²) in [4.78, 5) is 35.0. The lowest BCUT2D eigenvalue weighted by molar-refractivity contribution is -0.132. The Hall–Kier alpha value is -2.47. The Morgan fingerprint density at radius 2 is 2.19 bits per heavy atom. The van der Waals surface area contributed by atoms with Crippen molar-refractivity contribution in [3.63, 3.8) is 0 Å². The van der Waals surface area contributed by atoms with Crippen molar-refractivity contribution in [1.29, 1.82) is 0 Å². The van der Waals surface area contributed by atoms with Gasteiger partial charge in [0.25, 0.3) is 5.91 Å². The first-order valence-electron chi connectivity index (χ1n) is 8.76. The van der Waals surface area contributed by atoms with Crippen LogP contribution in [0, 0.1) is 0 Å². The lowest BCUT2D eigenvalue weighted by atomic mass is 10.1. The first-order chi connectivity index (χ1) is 12.6. The second-order valence-corrected chi connectivity index (χ2v) is 6.74. The molecule has 0 atom stereocenters. The summed E-state index contributed by atoms with van der Waals surface area (Å²) in [6, 6.07) is 6.70. The number of halogens is 1. The van der Waals surface area contributed by atoms with Crippen LogP contribution >= 0.6 is 11.6 Å². The van der Waals surface area contributed by atoms with Crippen molar-refractivity contribution in [2.75, 3.05) is 11.9 Å². The van der Waals surface area contributed by atoms with E-state index in [1.807, 2.05) is 4.90 Å². The zero-order chi connectivity index (χ0) is 18.5. The van der Waals surface area contributed by atoms with Crippen LogP contribution in [-0.2, 0) is 17.8 Å². The van der Waals surface area contributed by atoms with Crippen LogP contribution in [0.4, 0.5) is 5.95 Å². The average Bonchev–Trinajstić information content (AvgIpc) is 2.65. The molecule has 1 N–H and O–H groups in total. The number of hydrogen-bond donors (Lipinski definition) is 1. The van der Waals surface area contributed by atoms with E-state index in [4.69, 9.17) is 11.6 Å². The number of amides is 2. The standard InChI is InChI=1S/C19H21ClN4O2/c1-2-3-7-17(25)24-9-8-16-14(12-24)11-21-19(22-16)23-18(26)13-5-4-6-15(20)10-13/h4-6,10-11H,2-3,7-9,12H2,1H3,(H,21,22,23,26). The molecule has 0 radical (unpaired) electrons. The Bertz CT molecular complexity index is 825. The molecule has 2 aromatic rings. The van der Waals surface area contributed by atoms with E-state index < -0.39 is 0 Å². The summed E-state index contributed by atoms with van der Waals surface area (Å²) in [5.41, 5.74) is 2.26. The van der Waals surface area contributed by atoms with Gasteiger partial charge in [0, 0.05) is 48.3 Å². The number of unbranched alkanes of at least 4 members (excludes halogenated alkanes) is 1. The number of nitrogens with one attached hydrogen (secondary N) is 1. The number of carbonyl (C=O) groups is 2. The SMILES string of the molecule is CCCCC(=O)N1CCc2nc(NC(=O)c3cccc(Cl)c3)ncc2C1. The van der Waals surface area contributed by atoms with Gasteiger partial charge in [0.2, 0.25) is 11.9 Å². The molecule has 26 heavy (non-hydrogen) atoms. The molecular formula is C19H21ClN4O2. The number of anilines is 1. The van der Waals surface area contributed by atoms with Crippen LogP contribution < -0.4 is 5.32 Å². The second-order valence-electron chi connectivity index (χ2n) is 6.30. The molecular weight excluding hydrogens is 352 g/mol. The van der Waals surface area contributed by atoms with Crippen LogP contribution in [0.5, 0.6) is 0 Å². The zero-order valence-electron chi connectivity index (χ0n) is 14.7. The average molecular weight is 373 g/mol. The highest BCUT2D eigenvalue weighted by Gasteiger charge is 2.22. The largest absolute Gasteiger partial charge is 0.338 e. The van der Waals surface area contributed by atoms with Crippen LogP contribution in [0.2, 0.25) is 5.02 Å². The third-order valence-corrected chi connectivity index (χ3v) is 4.58. The Morgan fingerprint density at radius 1 is 1.35 bits per heavy atom. The maximum Gasteiger partial charge on any atom is 0.258 e. The van der Waals surface area contributed by atoms with Crippen molar-refractivity contribution >= 4 is 29.4 Å². The topological polar surface area (TPSA) is 75.2 Å². The maximum atomic E-state index is 12.3. The Labute approximate surface area is 157 Å². The van der Waals surface area contributed by atoms with Gasteiger partial charge < -0.3 is 4.90 Å². The van der Waals surface area contributed by atoms with E-state index >= 15 is 0 Å². The number of rotatable bonds is 5. The summed E-state index contributed by atoms with van der Waals surface area (Å²) in [5.74, 6) is 0.134. The molecule has 0 fully saturated rings. The molecule has 1 aromatic carbocycles. The van der Waals surface area contributed by atoms with E-state index in [9.17, 15) is 9.59 Å². The van der Waals surface area contributed by atoms with Crippen molar-refractivity contribution in [3.05, 3.63) is 52.3 Å². The monoisotopic (exact) mass is 372 g/mol. The van der Waals surface area contributed by atoms with Crippen molar-refractivity contribution < 1.29 is 9.59 Å². The molecule has 2 heterocycles. The van der Waals surface area contributed by atoms with Crippen molar-refractivity contribution in [1.82, 2.24) is 14.9 Å². The number of nitrogens with zero attached hydrogens (tertiary/aromatic N) is 3. The summed E-state index contributed by atoms with van der Waals surface area (Å²) in [5, 5.41) is 3.19. The number of fused-ring (bicyclic) bond motifs is 1. The predicted octanol–water partition coefficient (Wildman–Crippen LogP) is 3.46. The third kappa shape index (κ3) is 4.38. The molecule has 1 aliphatic rings. The van der Waals surface area contributed by atoms with E-state index in [0.717, 1.165) is 24.1 Å². The van der Waals surface area contributed by atoms with Gasteiger partial charge in [-0.1, -0.05) is 31.0 Å². The summed E-state index contributed by atoms with van der Waals surface area (Å²) < 4.78 is 0. The van der Waals surface area contributed by atoms with E-state index in [-0.39, 0.29) is 17.8 Å². The maximum absolute atomic E-state index is 12.3. The fraction of sp³-hybridized carbons (Fsp3) is 0.368. The van der Waals surface area contributed by atoms with E-state index in [1.54, 1.807) is 30.5 Å². The molecule has 3 rings (SSSR count). The van der Waals surface area contributed by atoms with Gasteiger partial charge >= 0.3 is 0 Å². The molecule has 7 heteroatoms. The highest BCUT2D eigenvalue weighted by atomic mass is 35.5.